The largest absolute Gasteiger partial charge is 0.362 e. The zero-order valence-electron chi connectivity index (χ0n) is 15.6. The van der Waals surface area contributed by atoms with E-state index in [0.29, 0.717) is 5.11 Å². The van der Waals surface area contributed by atoms with Crippen molar-refractivity contribution in [3.8, 4) is 0 Å². The Kier molecular flexibility index (Phi) is 6.29. The van der Waals surface area contributed by atoms with E-state index in [1.807, 2.05) is 0 Å². The lowest BCUT2D eigenvalue weighted by Gasteiger charge is -2.13. The van der Waals surface area contributed by atoms with Crippen molar-refractivity contribution < 1.29 is 0 Å². The third-order valence-electron chi connectivity index (χ3n) is 4.71. The van der Waals surface area contributed by atoms with Gasteiger partial charge in [-0.2, -0.15) is 0 Å². The highest BCUT2D eigenvalue weighted by atomic mass is 32.1. The summed E-state index contributed by atoms with van der Waals surface area (Å²) in [4.78, 5) is 3.32. The summed E-state index contributed by atoms with van der Waals surface area (Å²) in [5.41, 5.74) is 6.21. The second kappa shape index (κ2) is 8.86. The molecule has 3 N–H and O–H groups in total. The maximum absolute atomic E-state index is 5.46. The summed E-state index contributed by atoms with van der Waals surface area (Å²) in [5, 5.41) is 8.60. The Hall–Kier alpha value is -2.33. The van der Waals surface area contributed by atoms with Gasteiger partial charge < -0.3 is 15.6 Å². The fraction of sp³-hybridized carbons (Fsp3) is 0.318. The molecule has 0 saturated carbocycles. The topological polar surface area (TPSA) is 39.8 Å². The molecule has 0 spiro atoms. The highest BCUT2D eigenvalue weighted by Crippen LogP contribution is 2.19. The number of anilines is 1. The Bertz CT molecular complexity index is 882. The number of fused-ring (bicyclic) bond motifs is 1. The van der Waals surface area contributed by atoms with Gasteiger partial charge in [0.1, 0.15) is 0 Å². The second-order valence-corrected chi connectivity index (χ2v) is 7.15. The molecule has 3 rings (SSSR count). The number of aromatic amines is 1. The van der Waals surface area contributed by atoms with Gasteiger partial charge in [0.25, 0.3) is 0 Å². The van der Waals surface area contributed by atoms with E-state index < -0.39 is 0 Å². The first-order chi connectivity index (χ1) is 12.7. The molecule has 26 heavy (non-hydrogen) atoms. The number of rotatable bonds is 7. The third kappa shape index (κ3) is 4.64. The van der Waals surface area contributed by atoms with Crippen molar-refractivity contribution in [1.29, 1.82) is 0 Å². The van der Waals surface area contributed by atoms with Gasteiger partial charge in [0.05, 0.1) is 0 Å². The van der Waals surface area contributed by atoms with E-state index in [1.165, 1.54) is 40.4 Å². The predicted molar refractivity (Wildman–Crippen MR) is 116 cm³/mol. The first-order valence-electron chi connectivity index (χ1n) is 9.36. The Labute approximate surface area is 161 Å². The number of thiocarbonyl (C=S) groups is 1. The molecule has 0 saturated heterocycles. The lowest BCUT2D eigenvalue weighted by molar-refractivity contribution is 0.794. The Morgan fingerprint density at radius 1 is 1.12 bits per heavy atom. The van der Waals surface area contributed by atoms with Crippen molar-refractivity contribution in [1.82, 2.24) is 10.3 Å². The zero-order chi connectivity index (χ0) is 18.4. The van der Waals surface area contributed by atoms with Crippen LogP contribution in [0.2, 0.25) is 0 Å². The predicted octanol–water partition coefficient (Wildman–Crippen LogP) is 5.35. The van der Waals surface area contributed by atoms with Gasteiger partial charge in [-0.15, -0.1) is 0 Å². The fourth-order valence-corrected chi connectivity index (χ4v) is 3.43. The molecule has 0 aliphatic carbocycles. The van der Waals surface area contributed by atoms with E-state index in [-0.39, 0.29) is 0 Å². The lowest BCUT2D eigenvalue weighted by atomic mass is 10.0. The van der Waals surface area contributed by atoms with Crippen LogP contribution < -0.4 is 10.6 Å². The molecule has 3 nitrogen and oxygen atoms in total. The van der Waals surface area contributed by atoms with Gasteiger partial charge in [-0.1, -0.05) is 43.7 Å². The summed E-state index contributed by atoms with van der Waals surface area (Å²) in [6.45, 7) is 5.16. The number of benzene rings is 2. The van der Waals surface area contributed by atoms with Gasteiger partial charge in [-0.25, -0.2) is 0 Å². The average Bonchev–Trinajstić information content (AvgIpc) is 3.05. The molecule has 0 amide bonds. The van der Waals surface area contributed by atoms with Crippen LogP contribution in [-0.4, -0.2) is 16.6 Å². The van der Waals surface area contributed by atoms with E-state index in [2.05, 4.69) is 78.1 Å². The molecular weight excluding hydrogens is 338 g/mol. The number of aromatic nitrogens is 1. The monoisotopic (exact) mass is 365 g/mol. The summed E-state index contributed by atoms with van der Waals surface area (Å²) in [6.07, 6.45) is 6.62. The first kappa shape index (κ1) is 18.5. The highest BCUT2D eigenvalue weighted by Gasteiger charge is 2.05. The van der Waals surface area contributed by atoms with Gasteiger partial charge in [0.15, 0.2) is 5.11 Å². The van der Waals surface area contributed by atoms with Crippen LogP contribution in [0.4, 0.5) is 5.69 Å². The molecule has 0 aliphatic heterocycles. The minimum absolute atomic E-state index is 0.675. The van der Waals surface area contributed by atoms with E-state index >= 15 is 0 Å². The number of H-pyrrole nitrogens is 1. The summed E-state index contributed by atoms with van der Waals surface area (Å²) >= 11 is 5.46. The van der Waals surface area contributed by atoms with E-state index in [9.17, 15) is 0 Å². The van der Waals surface area contributed by atoms with Gasteiger partial charge in [-0.05, 0) is 67.2 Å². The van der Waals surface area contributed by atoms with Crippen LogP contribution in [0.25, 0.3) is 10.9 Å². The summed E-state index contributed by atoms with van der Waals surface area (Å²) in [5.74, 6) is 0. The molecule has 2 aromatic carbocycles. The van der Waals surface area contributed by atoms with Crippen LogP contribution >= 0.6 is 12.2 Å². The highest BCUT2D eigenvalue weighted by molar-refractivity contribution is 7.80. The number of aryl methyl sites for hydroxylation is 2. The summed E-state index contributed by atoms with van der Waals surface area (Å²) in [7, 11) is 0. The number of nitrogens with one attached hydrogen (secondary N) is 3. The molecule has 1 heterocycles. The normalized spacial score (nSPS) is 10.8. The van der Waals surface area contributed by atoms with Crippen molar-refractivity contribution in [3.05, 3.63) is 65.4 Å². The molecule has 0 unspecified atom stereocenters. The van der Waals surface area contributed by atoms with Crippen LogP contribution in [0.15, 0.2) is 48.7 Å². The van der Waals surface area contributed by atoms with Crippen molar-refractivity contribution in [2.45, 2.75) is 39.5 Å². The molecule has 3 aromatic rings. The van der Waals surface area contributed by atoms with Gasteiger partial charge in [0.2, 0.25) is 0 Å². The second-order valence-electron chi connectivity index (χ2n) is 6.74. The molecule has 0 fully saturated rings. The molecule has 1 aromatic heterocycles. The molecule has 0 bridgehead atoms. The van der Waals surface area contributed by atoms with Crippen molar-refractivity contribution in [3.63, 3.8) is 0 Å². The lowest BCUT2D eigenvalue weighted by Crippen LogP contribution is -2.30. The Morgan fingerprint density at radius 2 is 1.96 bits per heavy atom. The number of para-hydroxylation sites is 1. The summed E-state index contributed by atoms with van der Waals surface area (Å²) in [6, 6.07) is 15.0. The van der Waals surface area contributed by atoms with Crippen LogP contribution in [0, 0.1) is 6.92 Å². The van der Waals surface area contributed by atoms with Crippen molar-refractivity contribution in [2.24, 2.45) is 0 Å². The SMILES string of the molecule is CCCCc1ccc(NC(=S)NCCc2c[nH]c3ccccc23)c(C)c1. The number of hydrogen-bond acceptors (Lipinski definition) is 1. The smallest absolute Gasteiger partial charge is 0.170 e. The third-order valence-corrected chi connectivity index (χ3v) is 4.96. The van der Waals surface area contributed by atoms with Crippen molar-refractivity contribution >= 4 is 33.9 Å². The number of unbranched alkanes of at least 4 members (excludes halogenated alkanes) is 1. The minimum atomic E-state index is 0.675. The number of hydrogen-bond donors (Lipinski definition) is 3. The van der Waals surface area contributed by atoms with E-state index in [0.717, 1.165) is 25.1 Å². The maximum Gasteiger partial charge on any atom is 0.170 e. The minimum Gasteiger partial charge on any atom is -0.362 e. The fourth-order valence-electron chi connectivity index (χ4n) is 3.22. The van der Waals surface area contributed by atoms with Crippen LogP contribution in [0.1, 0.15) is 36.5 Å². The molecule has 0 aliphatic rings. The molecule has 4 heteroatoms. The average molecular weight is 366 g/mol. The standard InChI is InChI=1S/C22H27N3S/c1-3-4-7-17-10-11-20(16(2)14-17)25-22(26)23-13-12-18-15-24-21-9-6-5-8-19(18)21/h5-6,8-11,14-15,24H,3-4,7,12-13H2,1-2H3,(H2,23,25,26). The van der Waals surface area contributed by atoms with Crippen LogP contribution in [-0.2, 0) is 12.8 Å². The van der Waals surface area contributed by atoms with E-state index in [4.69, 9.17) is 12.2 Å². The van der Waals surface area contributed by atoms with Crippen LogP contribution in [0.3, 0.4) is 0 Å². The van der Waals surface area contributed by atoms with Crippen molar-refractivity contribution in [2.75, 3.05) is 11.9 Å². The molecule has 0 atom stereocenters. The molecule has 136 valence electrons. The van der Waals surface area contributed by atoms with Gasteiger partial charge >= 0.3 is 0 Å². The molecule has 0 radical (unpaired) electrons. The summed E-state index contributed by atoms with van der Waals surface area (Å²) < 4.78 is 0. The van der Waals surface area contributed by atoms with Crippen LogP contribution in [0.5, 0.6) is 0 Å². The first-order valence-corrected chi connectivity index (χ1v) is 9.77. The zero-order valence-corrected chi connectivity index (χ0v) is 16.4. The van der Waals surface area contributed by atoms with Gasteiger partial charge in [-0.3, -0.25) is 0 Å². The quantitative estimate of drug-likeness (QED) is 0.494. The Balaban J connectivity index is 1.51. The Morgan fingerprint density at radius 3 is 2.77 bits per heavy atom. The molecular formula is C22H27N3S. The maximum atomic E-state index is 5.46. The van der Waals surface area contributed by atoms with E-state index in [1.54, 1.807) is 0 Å². The van der Waals surface area contributed by atoms with Gasteiger partial charge in [0, 0.05) is 29.3 Å².